The van der Waals surface area contributed by atoms with Crippen LogP contribution < -0.4 is 0 Å². The van der Waals surface area contributed by atoms with Crippen LogP contribution in [-0.4, -0.2) is 25.8 Å². The van der Waals surface area contributed by atoms with Crippen molar-refractivity contribution in [2.45, 2.75) is 0 Å². The molecule has 7 nitrogen and oxygen atoms in total. The van der Waals surface area contributed by atoms with Crippen molar-refractivity contribution < 1.29 is 29.1 Å². The average molecular weight is 195 g/mol. The lowest BCUT2D eigenvalue weighted by atomic mass is 10.5. The minimum absolute atomic E-state index is 0.778. The van der Waals surface area contributed by atoms with Gasteiger partial charge in [-0.3, -0.25) is 0 Å². The Balaban J connectivity index is 0. The van der Waals surface area contributed by atoms with E-state index < -0.39 is 13.8 Å². The summed E-state index contributed by atoms with van der Waals surface area (Å²) >= 11 is 0. The Bertz CT molecular complexity index is 238. The highest BCUT2D eigenvalue weighted by molar-refractivity contribution is 7.45. The van der Waals surface area contributed by atoms with E-state index in [1.54, 1.807) is 0 Å². The third-order valence-electron chi connectivity index (χ3n) is 0.300. The Labute approximate surface area is 67.4 Å². The van der Waals surface area contributed by atoms with Gasteiger partial charge >= 0.3 is 13.8 Å². The molecule has 0 spiro atoms. The van der Waals surface area contributed by atoms with Gasteiger partial charge in [0.15, 0.2) is 0 Å². The van der Waals surface area contributed by atoms with Gasteiger partial charge < -0.3 is 19.8 Å². The van der Waals surface area contributed by atoms with Crippen molar-refractivity contribution in [3.63, 3.8) is 0 Å². The minimum atomic E-state index is -4.64. The molecule has 68 valence electrons. The second-order valence-electron chi connectivity index (χ2n) is 1.31. The fourth-order valence-corrected chi connectivity index (χ4v) is 0.109. The van der Waals surface area contributed by atoms with Crippen LogP contribution in [0.1, 0.15) is 0 Å². The SMILES string of the molecule is N#CC=CC(=O)O.O=P(O)(O)O. The third kappa shape index (κ3) is 68.1. The zero-order valence-corrected chi connectivity index (χ0v) is 6.55. The minimum Gasteiger partial charge on any atom is -0.478 e. The molecule has 0 aromatic rings. The summed E-state index contributed by atoms with van der Waals surface area (Å²) in [5.74, 6) is -1.10. The van der Waals surface area contributed by atoms with Crippen molar-refractivity contribution in [1.82, 2.24) is 0 Å². The third-order valence-corrected chi connectivity index (χ3v) is 0.300. The van der Waals surface area contributed by atoms with Crippen molar-refractivity contribution in [3.8, 4) is 6.07 Å². The summed E-state index contributed by atoms with van der Waals surface area (Å²) in [7, 11) is -4.64. The second kappa shape index (κ2) is 6.52. The summed E-state index contributed by atoms with van der Waals surface area (Å²) in [4.78, 5) is 31.1. The lowest BCUT2D eigenvalue weighted by Gasteiger charge is -1.82. The van der Waals surface area contributed by atoms with Gasteiger partial charge in [0.05, 0.1) is 6.07 Å². The van der Waals surface area contributed by atoms with E-state index in [4.69, 9.17) is 29.6 Å². The van der Waals surface area contributed by atoms with Crippen LogP contribution >= 0.6 is 7.82 Å². The largest absolute Gasteiger partial charge is 0.478 e. The fraction of sp³-hybridized carbons (Fsp3) is 0. The van der Waals surface area contributed by atoms with E-state index in [0.717, 1.165) is 12.2 Å². The summed E-state index contributed by atoms with van der Waals surface area (Å²) in [6.45, 7) is 0. The smallest absolute Gasteiger partial charge is 0.466 e. The van der Waals surface area contributed by atoms with E-state index in [-0.39, 0.29) is 0 Å². The number of nitriles is 1. The summed E-state index contributed by atoms with van der Waals surface area (Å²) in [6, 6.07) is 1.54. The molecule has 0 bridgehead atoms. The molecule has 0 heterocycles. The number of phosphoric acid groups is 1. The van der Waals surface area contributed by atoms with Gasteiger partial charge in [-0.2, -0.15) is 5.26 Å². The molecule has 12 heavy (non-hydrogen) atoms. The standard InChI is InChI=1S/C4H3NO2.H3O4P/c5-3-1-2-4(6)7;1-5(2,3)4/h1-2H,(H,6,7);(H3,1,2,3,4). The van der Waals surface area contributed by atoms with Crippen molar-refractivity contribution in [1.29, 1.82) is 5.26 Å². The highest BCUT2D eigenvalue weighted by Gasteiger charge is 2.00. The number of hydrogen-bond acceptors (Lipinski definition) is 3. The molecule has 0 unspecified atom stereocenters. The van der Waals surface area contributed by atoms with E-state index >= 15 is 0 Å². The zero-order chi connectivity index (χ0) is 10.2. The monoisotopic (exact) mass is 195 g/mol. The van der Waals surface area contributed by atoms with Crippen LogP contribution in [0.3, 0.4) is 0 Å². The molecule has 0 saturated carbocycles. The number of rotatable bonds is 1. The lowest BCUT2D eigenvalue weighted by Crippen LogP contribution is -1.83. The first-order valence-electron chi connectivity index (χ1n) is 2.34. The first-order valence-corrected chi connectivity index (χ1v) is 3.91. The highest BCUT2D eigenvalue weighted by Crippen LogP contribution is 2.25. The van der Waals surface area contributed by atoms with Gasteiger partial charge in [-0.05, 0) is 0 Å². The maximum absolute atomic E-state index is 9.52. The number of carboxylic acids is 1. The first-order chi connectivity index (χ1) is 5.27. The van der Waals surface area contributed by atoms with Crippen molar-refractivity contribution in [2.75, 3.05) is 0 Å². The predicted molar refractivity (Wildman–Crippen MR) is 36.7 cm³/mol. The van der Waals surface area contributed by atoms with Gasteiger partial charge in [-0.15, -0.1) is 0 Å². The molecule has 0 saturated heterocycles. The van der Waals surface area contributed by atoms with Crippen LogP contribution in [0.4, 0.5) is 0 Å². The van der Waals surface area contributed by atoms with Crippen LogP contribution in [0.15, 0.2) is 12.2 Å². The molecule has 0 aromatic heterocycles. The normalized spacial score (nSPS) is 9.83. The number of aliphatic carboxylic acids is 1. The summed E-state index contributed by atoms with van der Waals surface area (Å²) < 4.78 is 8.88. The van der Waals surface area contributed by atoms with Crippen LogP contribution in [0, 0.1) is 11.3 Å². The summed E-state index contributed by atoms with van der Waals surface area (Å²) in [5, 5.41) is 15.5. The van der Waals surface area contributed by atoms with Crippen LogP contribution in [0.5, 0.6) is 0 Å². The molecule has 0 aliphatic carbocycles. The molecule has 0 radical (unpaired) electrons. The molecular formula is C4H6NO6P. The molecule has 0 aliphatic rings. The van der Waals surface area contributed by atoms with Crippen molar-refractivity contribution in [2.24, 2.45) is 0 Å². The quantitative estimate of drug-likeness (QED) is 0.244. The first kappa shape index (κ1) is 13.4. The van der Waals surface area contributed by atoms with Crippen molar-refractivity contribution >= 4 is 13.8 Å². The molecule has 0 aromatic carbocycles. The number of carboxylic acid groups (broad SMARTS) is 1. The maximum Gasteiger partial charge on any atom is 0.466 e. The molecule has 8 heteroatoms. The van der Waals surface area contributed by atoms with Gasteiger partial charge in [0, 0.05) is 12.2 Å². The summed E-state index contributed by atoms with van der Waals surface area (Å²) in [6.07, 6.45) is 1.68. The van der Waals surface area contributed by atoms with Gasteiger partial charge in [0.2, 0.25) is 0 Å². The second-order valence-corrected chi connectivity index (χ2v) is 2.34. The molecule has 0 aliphatic heterocycles. The predicted octanol–water partition coefficient (Wildman–Crippen LogP) is -0.778. The molecule has 4 N–H and O–H groups in total. The lowest BCUT2D eigenvalue weighted by molar-refractivity contribution is -0.131. The fourth-order valence-electron chi connectivity index (χ4n) is 0.109. The average Bonchev–Trinajstić information content (AvgIpc) is 1.79. The Morgan fingerprint density at radius 3 is 1.83 bits per heavy atom. The topological polar surface area (TPSA) is 139 Å². The Hall–Kier alpha value is -1.19. The Morgan fingerprint density at radius 1 is 1.42 bits per heavy atom. The maximum atomic E-state index is 9.52. The van der Waals surface area contributed by atoms with Crippen LogP contribution in [-0.2, 0) is 9.36 Å². The van der Waals surface area contributed by atoms with E-state index in [0.29, 0.717) is 0 Å². The Morgan fingerprint density at radius 2 is 1.75 bits per heavy atom. The number of carbonyl (C=O) groups is 1. The molecule has 0 rings (SSSR count). The van der Waals surface area contributed by atoms with Crippen LogP contribution in [0.2, 0.25) is 0 Å². The molecule has 0 fully saturated rings. The number of hydrogen-bond donors (Lipinski definition) is 4. The zero-order valence-electron chi connectivity index (χ0n) is 5.65. The van der Waals surface area contributed by atoms with E-state index in [9.17, 15) is 4.79 Å². The number of allylic oxidation sites excluding steroid dienone is 1. The molecule has 0 atom stereocenters. The Kier molecular flexibility index (Phi) is 7.28. The van der Waals surface area contributed by atoms with Crippen molar-refractivity contribution in [3.05, 3.63) is 12.2 Å². The van der Waals surface area contributed by atoms with Gasteiger partial charge in [-0.25, -0.2) is 9.36 Å². The van der Waals surface area contributed by atoms with Gasteiger partial charge in [-0.1, -0.05) is 0 Å². The van der Waals surface area contributed by atoms with E-state index in [1.165, 1.54) is 6.07 Å². The summed E-state index contributed by atoms with van der Waals surface area (Å²) in [5.41, 5.74) is 0. The van der Waals surface area contributed by atoms with Gasteiger partial charge in [0.25, 0.3) is 0 Å². The van der Waals surface area contributed by atoms with E-state index in [1.807, 2.05) is 0 Å². The number of nitrogens with zero attached hydrogens (tertiary/aromatic N) is 1. The highest BCUT2D eigenvalue weighted by atomic mass is 31.2. The molecule has 0 amide bonds. The van der Waals surface area contributed by atoms with Crippen LogP contribution in [0.25, 0.3) is 0 Å². The molecular weight excluding hydrogens is 189 g/mol. The van der Waals surface area contributed by atoms with Gasteiger partial charge in [0.1, 0.15) is 0 Å². The van der Waals surface area contributed by atoms with E-state index in [2.05, 4.69) is 0 Å².